The molecule has 64 valence electrons. The van der Waals surface area contributed by atoms with Gasteiger partial charge in [-0.3, -0.25) is 0 Å². The van der Waals surface area contributed by atoms with Crippen LogP contribution in [0.5, 0.6) is 0 Å². The third kappa shape index (κ3) is 0.779. The molecule has 0 aromatic carbocycles. The number of hydrogen-bond donors (Lipinski definition) is 0. The van der Waals surface area contributed by atoms with Crippen molar-refractivity contribution in [2.75, 3.05) is 0 Å². The highest BCUT2D eigenvalue weighted by Gasteiger charge is 2.40. The van der Waals surface area contributed by atoms with Crippen molar-refractivity contribution in [1.29, 1.82) is 0 Å². The van der Waals surface area contributed by atoms with Crippen molar-refractivity contribution < 1.29 is 0 Å². The molecule has 2 aliphatic rings. The van der Waals surface area contributed by atoms with E-state index in [1.165, 1.54) is 38.5 Å². The van der Waals surface area contributed by atoms with Crippen molar-refractivity contribution in [2.45, 2.75) is 43.9 Å². The van der Waals surface area contributed by atoms with Gasteiger partial charge < -0.3 is 0 Å². The first-order valence-electron chi connectivity index (χ1n) is 4.96. The molecule has 0 saturated heterocycles. The minimum atomic E-state index is 0.662. The predicted octanol–water partition coefficient (Wildman–Crippen LogP) is 3.51. The molecule has 1 fully saturated rings. The Balaban J connectivity index is 2.09. The number of hydrogen-bond acceptors (Lipinski definition) is 1. The molecule has 1 aromatic heterocycles. The Kier molecular flexibility index (Phi) is 1.40. The summed E-state index contributed by atoms with van der Waals surface area (Å²) in [4.78, 5) is 0. The van der Waals surface area contributed by atoms with Gasteiger partial charge in [0.05, 0.1) is 0 Å². The molecule has 1 saturated carbocycles. The normalized spacial score (nSPS) is 25.0. The molecule has 0 bridgehead atoms. The van der Waals surface area contributed by atoms with E-state index >= 15 is 0 Å². The van der Waals surface area contributed by atoms with Crippen LogP contribution in [0.15, 0.2) is 10.8 Å². The van der Waals surface area contributed by atoms with Gasteiger partial charge in [-0.05, 0) is 53.0 Å². The number of aryl methyl sites for hydroxylation is 1. The summed E-state index contributed by atoms with van der Waals surface area (Å²) in [7, 11) is 0. The van der Waals surface area contributed by atoms with Gasteiger partial charge in [0.1, 0.15) is 0 Å². The number of fused-ring (bicyclic) bond motifs is 2. The Labute approximate surface area is 77.6 Å². The monoisotopic (exact) mass is 178 g/mol. The summed E-state index contributed by atoms with van der Waals surface area (Å²) in [5.74, 6) is 0. The van der Waals surface area contributed by atoms with Crippen LogP contribution in [0.4, 0.5) is 0 Å². The molecule has 0 aliphatic heterocycles. The van der Waals surface area contributed by atoms with Gasteiger partial charge in [0.15, 0.2) is 0 Å². The highest BCUT2D eigenvalue weighted by molar-refractivity contribution is 7.08. The van der Waals surface area contributed by atoms with E-state index < -0.39 is 0 Å². The molecule has 2 aliphatic carbocycles. The molecule has 0 atom stereocenters. The van der Waals surface area contributed by atoms with Crippen LogP contribution >= 0.6 is 11.3 Å². The Morgan fingerprint density at radius 2 is 1.92 bits per heavy atom. The van der Waals surface area contributed by atoms with Crippen LogP contribution in [0, 0.1) is 0 Å². The van der Waals surface area contributed by atoms with Gasteiger partial charge in [-0.2, -0.15) is 11.3 Å². The maximum atomic E-state index is 2.41. The van der Waals surface area contributed by atoms with Crippen molar-refractivity contribution in [1.82, 2.24) is 0 Å². The van der Waals surface area contributed by atoms with Crippen molar-refractivity contribution >= 4 is 11.3 Å². The van der Waals surface area contributed by atoms with E-state index in [9.17, 15) is 0 Å². The Morgan fingerprint density at radius 1 is 1.08 bits per heavy atom. The smallest absolute Gasteiger partial charge is 0.00328 e. The quantitative estimate of drug-likeness (QED) is 0.570. The SMILES string of the molecule is c1scc2c1CCC21CCCC1. The van der Waals surface area contributed by atoms with Crippen molar-refractivity contribution in [3.05, 3.63) is 21.9 Å². The summed E-state index contributed by atoms with van der Waals surface area (Å²) in [5.41, 5.74) is 4.06. The van der Waals surface area contributed by atoms with E-state index in [0.29, 0.717) is 5.41 Å². The first kappa shape index (κ1) is 7.14. The summed E-state index contributed by atoms with van der Waals surface area (Å²) < 4.78 is 0. The van der Waals surface area contributed by atoms with Crippen molar-refractivity contribution in [2.24, 2.45) is 0 Å². The molecule has 0 amide bonds. The fraction of sp³-hybridized carbons (Fsp3) is 0.636. The average molecular weight is 178 g/mol. The molecule has 1 spiro atoms. The van der Waals surface area contributed by atoms with E-state index in [2.05, 4.69) is 10.8 Å². The fourth-order valence-corrected chi connectivity index (χ4v) is 4.08. The minimum absolute atomic E-state index is 0.662. The zero-order valence-corrected chi connectivity index (χ0v) is 8.12. The van der Waals surface area contributed by atoms with Crippen LogP contribution < -0.4 is 0 Å². The number of thiophene rings is 1. The molecular formula is C11H14S. The summed E-state index contributed by atoms with van der Waals surface area (Å²) in [6, 6.07) is 0. The molecule has 3 rings (SSSR count). The van der Waals surface area contributed by atoms with Crippen LogP contribution in [0.25, 0.3) is 0 Å². The van der Waals surface area contributed by atoms with Gasteiger partial charge in [0, 0.05) is 0 Å². The highest BCUT2D eigenvalue weighted by Crippen LogP contribution is 2.50. The van der Waals surface area contributed by atoms with E-state index in [0.717, 1.165) is 0 Å². The average Bonchev–Trinajstić information content (AvgIpc) is 2.76. The van der Waals surface area contributed by atoms with Crippen LogP contribution in [0.3, 0.4) is 0 Å². The lowest BCUT2D eigenvalue weighted by Gasteiger charge is -2.22. The van der Waals surface area contributed by atoms with E-state index in [1.807, 2.05) is 11.3 Å². The maximum Gasteiger partial charge on any atom is -0.00328 e. The van der Waals surface area contributed by atoms with Crippen LogP contribution in [0.2, 0.25) is 0 Å². The molecule has 0 N–H and O–H groups in total. The highest BCUT2D eigenvalue weighted by atomic mass is 32.1. The van der Waals surface area contributed by atoms with Crippen molar-refractivity contribution in [3.8, 4) is 0 Å². The Morgan fingerprint density at radius 3 is 2.75 bits per heavy atom. The van der Waals surface area contributed by atoms with Gasteiger partial charge in [-0.25, -0.2) is 0 Å². The second-order valence-electron chi connectivity index (χ2n) is 4.30. The first-order chi connectivity index (χ1) is 5.91. The van der Waals surface area contributed by atoms with Gasteiger partial charge in [-0.1, -0.05) is 12.8 Å². The molecule has 12 heavy (non-hydrogen) atoms. The lowest BCUT2D eigenvalue weighted by atomic mass is 9.82. The van der Waals surface area contributed by atoms with Crippen molar-refractivity contribution in [3.63, 3.8) is 0 Å². The lowest BCUT2D eigenvalue weighted by molar-refractivity contribution is 0.439. The standard InChI is InChI=1S/C11H14S/c1-2-5-11(4-1)6-3-9-7-12-8-10(9)11/h7-8H,1-6H2. The second kappa shape index (κ2) is 2.35. The van der Waals surface area contributed by atoms with Crippen LogP contribution in [-0.4, -0.2) is 0 Å². The molecule has 0 nitrogen and oxygen atoms in total. The van der Waals surface area contributed by atoms with E-state index in [4.69, 9.17) is 0 Å². The Bertz CT molecular complexity index is 292. The lowest BCUT2D eigenvalue weighted by Crippen LogP contribution is -2.16. The fourth-order valence-electron chi connectivity index (χ4n) is 3.06. The van der Waals surface area contributed by atoms with Gasteiger partial charge in [0.25, 0.3) is 0 Å². The zero-order valence-electron chi connectivity index (χ0n) is 7.31. The van der Waals surface area contributed by atoms with Gasteiger partial charge in [-0.15, -0.1) is 0 Å². The predicted molar refractivity (Wildman–Crippen MR) is 52.8 cm³/mol. The van der Waals surface area contributed by atoms with E-state index in [-0.39, 0.29) is 0 Å². The van der Waals surface area contributed by atoms with Crippen LogP contribution in [-0.2, 0) is 11.8 Å². The topological polar surface area (TPSA) is 0 Å². The largest absolute Gasteiger partial charge is 0.152 e. The molecule has 1 heteroatoms. The van der Waals surface area contributed by atoms with E-state index in [1.54, 1.807) is 11.1 Å². The molecule has 0 radical (unpaired) electrons. The molecule has 1 aromatic rings. The molecule has 1 heterocycles. The Hall–Kier alpha value is -0.300. The summed E-state index contributed by atoms with van der Waals surface area (Å²) >= 11 is 1.90. The zero-order chi connectivity index (χ0) is 8.02. The molecule has 0 unspecified atom stereocenters. The molecular weight excluding hydrogens is 164 g/mol. The number of rotatable bonds is 0. The summed E-state index contributed by atoms with van der Waals surface area (Å²) in [6.45, 7) is 0. The van der Waals surface area contributed by atoms with Crippen LogP contribution in [0.1, 0.15) is 43.2 Å². The maximum absolute atomic E-state index is 2.41. The van der Waals surface area contributed by atoms with Gasteiger partial charge >= 0.3 is 0 Å². The first-order valence-corrected chi connectivity index (χ1v) is 5.91. The van der Waals surface area contributed by atoms with Gasteiger partial charge in [0.2, 0.25) is 0 Å². The summed E-state index contributed by atoms with van der Waals surface area (Å²) in [5, 5.41) is 4.77. The second-order valence-corrected chi connectivity index (χ2v) is 5.04. The minimum Gasteiger partial charge on any atom is -0.152 e. The third-order valence-corrected chi connectivity index (χ3v) is 4.54. The third-order valence-electron chi connectivity index (χ3n) is 3.75. The summed E-state index contributed by atoms with van der Waals surface area (Å²) in [6.07, 6.45) is 8.68.